The van der Waals surface area contributed by atoms with Crippen molar-refractivity contribution < 1.29 is 9.66 Å². The molecule has 20 heavy (non-hydrogen) atoms. The summed E-state index contributed by atoms with van der Waals surface area (Å²) in [6, 6.07) is 3.02. The molecule has 0 fully saturated rings. The molecule has 0 aliphatic heterocycles. The summed E-state index contributed by atoms with van der Waals surface area (Å²) in [6.07, 6.45) is 0.960. The van der Waals surface area contributed by atoms with Gasteiger partial charge in [0.1, 0.15) is 5.82 Å². The van der Waals surface area contributed by atoms with Crippen molar-refractivity contribution in [3.05, 3.63) is 22.2 Å². The van der Waals surface area contributed by atoms with Crippen molar-refractivity contribution in [1.29, 1.82) is 0 Å². The van der Waals surface area contributed by atoms with Gasteiger partial charge in [0, 0.05) is 25.3 Å². The van der Waals surface area contributed by atoms with Gasteiger partial charge in [-0.05, 0) is 26.3 Å². The normalized spacial score (nSPS) is 11.9. The molecule has 0 saturated heterocycles. The van der Waals surface area contributed by atoms with E-state index in [4.69, 9.17) is 4.74 Å². The molecule has 112 valence electrons. The maximum Gasteiger partial charge on any atom is 0.311 e. The Morgan fingerprint density at radius 3 is 2.80 bits per heavy atom. The molecule has 1 aromatic heterocycles. The fraction of sp³-hybridized carbons (Fsp3) is 0.615. The van der Waals surface area contributed by atoms with Crippen molar-refractivity contribution in [1.82, 2.24) is 4.98 Å². The first-order chi connectivity index (χ1) is 9.58. The van der Waals surface area contributed by atoms with E-state index in [1.165, 1.54) is 6.07 Å². The van der Waals surface area contributed by atoms with Crippen molar-refractivity contribution in [2.45, 2.75) is 33.2 Å². The van der Waals surface area contributed by atoms with Crippen molar-refractivity contribution in [3.8, 4) is 0 Å². The van der Waals surface area contributed by atoms with Gasteiger partial charge >= 0.3 is 5.69 Å². The quantitative estimate of drug-likeness (QED) is 0.534. The van der Waals surface area contributed by atoms with Crippen LogP contribution in [0.15, 0.2) is 12.1 Å². The fourth-order valence-electron chi connectivity index (χ4n) is 1.63. The van der Waals surface area contributed by atoms with E-state index in [-0.39, 0.29) is 17.5 Å². The molecule has 1 heterocycles. The predicted molar refractivity (Wildman–Crippen MR) is 79.2 cm³/mol. The van der Waals surface area contributed by atoms with E-state index in [2.05, 4.69) is 15.6 Å². The second kappa shape index (κ2) is 8.31. The zero-order valence-corrected chi connectivity index (χ0v) is 12.2. The third kappa shape index (κ3) is 5.00. The Balaban J connectivity index is 2.85. The summed E-state index contributed by atoms with van der Waals surface area (Å²) in [7, 11) is 0. The van der Waals surface area contributed by atoms with E-state index < -0.39 is 4.92 Å². The van der Waals surface area contributed by atoms with Crippen LogP contribution in [0.25, 0.3) is 0 Å². The minimum Gasteiger partial charge on any atom is -0.380 e. The number of pyridine rings is 1. The van der Waals surface area contributed by atoms with E-state index in [9.17, 15) is 10.1 Å². The Kier molecular flexibility index (Phi) is 6.72. The number of aromatic nitrogens is 1. The van der Waals surface area contributed by atoms with Gasteiger partial charge in [-0.25, -0.2) is 4.98 Å². The maximum atomic E-state index is 11.0. The molecule has 2 N–H and O–H groups in total. The molecular weight excluding hydrogens is 260 g/mol. The molecule has 0 amide bonds. The van der Waals surface area contributed by atoms with Gasteiger partial charge in [-0.2, -0.15) is 0 Å². The van der Waals surface area contributed by atoms with Crippen LogP contribution in [0, 0.1) is 10.1 Å². The van der Waals surface area contributed by atoms with Gasteiger partial charge in [0.25, 0.3) is 0 Å². The Morgan fingerprint density at radius 1 is 1.45 bits per heavy atom. The van der Waals surface area contributed by atoms with E-state index in [0.717, 1.165) is 13.0 Å². The first kappa shape index (κ1) is 16.2. The van der Waals surface area contributed by atoms with Gasteiger partial charge in [-0.1, -0.05) is 6.92 Å². The molecule has 0 aliphatic carbocycles. The van der Waals surface area contributed by atoms with Crippen LogP contribution in [0.3, 0.4) is 0 Å². The van der Waals surface area contributed by atoms with Crippen molar-refractivity contribution in [2.75, 3.05) is 30.4 Å². The first-order valence-electron chi connectivity index (χ1n) is 6.82. The lowest BCUT2D eigenvalue weighted by atomic mass is 10.3. The molecule has 1 aromatic rings. The average molecular weight is 282 g/mol. The Labute approximate surface area is 118 Å². The largest absolute Gasteiger partial charge is 0.380 e. The molecule has 0 aliphatic rings. The number of nitrogens with zero attached hydrogens (tertiary/aromatic N) is 2. The van der Waals surface area contributed by atoms with Crippen LogP contribution >= 0.6 is 0 Å². The van der Waals surface area contributed by atoms with E-state index in [1.807, 2.05) is 20.8 Å². The first-order valence-corrected chi connectivity index (χ1v) is 6.82. The summed E-state index contributed by atoms with van der Waals surface area (Å²) in [5.41, 5.74) is -0.0320. The van der Waals surface area contributed by atoms with Gasteiger partial charge in [0.05, 0.1) is 11.5 Å². The minimum absolute atomic E-state index is 0.0320. The fourth-order valence-corrected chi connectivity index (χ4v) is 1.63. The molecule has 1 rings (SSSR count). The number of anilines is 2. The minimum atomic E-state index is -0.438. The summed E-state index contributed by atoms with van der Waals surface area (Å²) >= 11 is 0. The molecule has 0 aromatic carbocycles. The molecule has 1 atom stereocenters. The number of rotatable bonds is 9. The SMILES string of the molecule is CCCNc1ccc([N+](=O)[O-])c(NC(C)COCC)n1. The lowest BCUT2D eigenvalue weighted by Crippen LogP contribution is -2.23. The van der Waals surface area contributed by atoms with E-state index in [1.54, 1.807) is 6.07 Å². The monoisotopic (exact) mass is 282 g/mol. The number of ether oxygens (including phenoxy) is 1. The zero-order chi connectivity index (χ0) is 15.0. The van der Waals surface area contributed by atoms with Crippen LogP contribution in [0.4, 0.5) is 17.3 Å². The smallest absolute Gasteiger partial charge is 0.311 e. The van der Waals surface area contributed by atoms with Gasteiger partial charge < -0.3 is 15.4 Å². The highest BCUT2D eigenvalue weighted by molar-refractivity contribution is 5.60. The van der Waals surface area contributed by atoms with Crippen LogP contribution in [0.5, 0.6) is 0 Å². The summed E-state index contributed by atoms with van der Waals surface area (Å²) < 4.78 is 5.29. The molecule has 7 nitrogen and oxygen atoms in total. The second-order valence-electron chi connectivity index (χ2n) is 4.45. The van der Waals surface area contributed by atoms with Gasteiger partial charge in [-0.15, -0.1) is 0 Å². The highest BCUT2D eigenvalue weighted by atomic mass is 16.6. The number of hydrogen-bond acceptors (Lipinski definition) is 6. The van der Waals surface area contributed by atoms with Crippen molar-refractivity contribution >= 4 is 17.3 Å². The summed E-state index contributed by atoms with van der Waals surface area (Å²) in [5.74, 6) is 0.895. The highest BCUT2D eigenvalue weighted by Crippen LogP contribution is 2.24. The number of nitro groups is 1. The molecule has 1 unspecified atom stereocenters. The third-order valence-electron chi connectivity index (χ3n) is 2.58. The van der Waals surface area contributed by atoms with Gasteiger partial charge in [-0.3, -0.25) is 10.1 Å². The van der Waals surface area contributed by atoms with E-state index in [0.29, 0.717) is 19.0 Å². The lowest BCUT2D eigenvalue weighted by molar-refractivity contribution is -0.384. The number of nitrogens with one attached hydrogen (secondary N) is 2. The molecule has 0 radical (unpaired) electrons. The summed E-state index contributed by atoms with van der Waals surface area (Å²) in [5, 5.41) is 17.2. The lowest BCUT2D eigenvalue weighted by Gasteiger charge is -2.15. The van der Waals surface area contributed by atoms with Crippen LogP contribution in [0.2, 0.25) is 0 Å². The zero-order valence-electron chi connectivity index (χ0n) is 12.2. The van der Waals surface area contributed by atoms with Crippen molar-refractivity contribution in [3.63, 3.8) is 0 Å². The Morgan fingerprint density at radius 2 is 2.20 bits per heavy atom. The summed E-state index contributed by atoms with van der Waals surface area (Å²) in [4.78, 5) is 14.8. The van der Waals surface area contributed by atoms with Crippen LogP contribution in [-0.4, -0.2) is 35.7 Å². The maximum absolute atomic E-state index is 11.0. The molecule has 0 bridgehead atoms. The van der Waals surface area contributed by atoms with Crippen LogP contribution in [-0.2, 0) is 4.74 Å². The Bertz CT molecular complexity index is 440. The van der Waals surface area contributed by atoms with Crippen molar-refractivity contribution in [2.24, 2.45) is 0 Å². The average Bonchev–Trinajstić information content (AvgIpc) is 2.42. The van der Waals surface area contributed by atoms with Crippen LogP contribution in [0.1, 0.15) is 27.2 Å². The topological polar surface area (TPSA) is 89.3 Å². The third-order valence-corrected chi connectivity index (χ3v) is 2.58. The summed E-state index contributed by atoms with van der Waals surface area (Å²) in [6.45, 7) is 7.71. The van der Waals surface area contributed by atoms with Gasteiger partial charge in [0.2, 0.25) is 5.82 Å². The van der Waals surface area contributed by atoms with Gasteiger partial charge in [0.15, 0.2) is 0 Å². The molecule has 0 saturated carbocycles. The molecule has 0 spiro atoms. The second-order valence-corrected chi connectivity index (χ2v) is 4.45. The van der Waals surface area contributed by atoms with Crippen LogP contribution < -0.4 is 10.6 Å². The molecule has 7 heteroatoms. The number of hydrogen-bond donors (Lipinski definition) is 2. The highest BCUT2D eigenvalue weighted by Gasteiger charge is 2.17. The standard InChI is InChI=1S/C13H22N4O3/c1-4-8-14-12-7-6-11(17(18)19)13(16-12)15-10(3)9-20-5-2/h6-7,10H,4-5,8-9H2,1-3H3,(H2,14,15,16). The molecular formula is C13H22N4O3. The Hall–Kier alpha value is -1.89. The predicted octanol–water partition coefficient (Wildman–Crippen LogP) is 2.65. The van der Waals surface area contributed by atoms with E-state index >= 15 is 0 Å².